The van der Waals surface area contributed by atoms with Crippen LogP contribution < -0.4 is 22.9 Å². The molecule has 43 valence electrons. The number of hydrogen-bond donors (Lipinski definition) is 0. The van der Waals surface area contributed by atoms with Crippen LogP contribution in [0.3, 0.4) is 0 Å². The van der Waals surface area contributed by atoms with Crippen molar-refractivity contribution in [3.63, 3.8) is 0 Å². The fourth-order valence-electron chi connectivity index (χ4n) is 0. The van der Waals surface area contributed by atoms with Crippen LogP contribution in [0.5, 0.6) is 0 Å². The molecule has 7 heavy (non-hydrogen) atoms. The van der Waals surface area contributed by atoms with Crippen LogP contribution in [0, 0.1) is 0 Å². The zero-order valence-electron chi connectivity index (χ0n) is 5.03. The maximum absolute atomic E-state index is 3.79. The van der Waals surface area contributed by atoms with Gasteiger partial charge in [-0.2, -0.15) is 0 Å². The van der Waals surface area contributed by atoms with Gasteiger partial charge < -0.3 is 25.6 Å². The Kier molecular flexibility index (Phi) is 2.26. The maximum atomic E-state index is 3.79. The third-order valence-corrected chi connectivity index (χ3v) is 1.73. The van der Waals surface area contributed by atoms with Gasteiger partial charge in [-0.1, -0.05) is 0 Å². The highest BCUT2D eigenvalue weighted by Gasteiger charge is 1.95. The lowest BCUT2D eigenvalue weighted by atomic mass is 10.5. The van der Waals surface area contributed by atoms with Gasteiger partial charge in [-0.25, -0.2) is 0 Å². The van der Waals surface area contributed by atoms with Gasteiger partial charge in [0.15, 0.2) is 0 Å². The van der Waals surface area contributed by atoms with Gasteiger partial charge in [-0.15, -0.1) is 0 Å². The van der Waals surface area contributed by atoms with Gasteiger partial charge in [0.1, 0.15) is 0 Å². The van der Waals surface area contributed by atoms with Gasteiger partial charge in [-0.05, 0) is 6.58 Å². The molecule has 0 aliphatic carbocycles. The molecule has 0 bridgehead atoms. The SMILES string of the molecule is C=C(C)[N+](C)(C)[I-]. The molecule has 0 atom stereocenters. The van der Waals surface area contributed by atoms with E-state index < -0.39 is 0 Å². The first-order valence-corrected chi connectivity index (χ1v) is 3.11. The van der Waals surface area contributed by atoms with Crippen LogP contribution in [0.2, 0.25) is 0 Å². The summed E-state index contributed by atoms with van der Waals surface area (Å²) in [6, 6.07) is 0. The summed E-state index contributed by atoms with van der Waals surface area (Å²) in [5.74, 6) is 0. The normalized spacial score (nSPS) is 11.4. The van der Waals surface area contributed by atoms with Gasteiger partial charge in [0.2, 0.25) is 0 Å². The van der Waals surface area contributed by atoms with Gasteiger partial charge in [-0.3, -0.25) is 0 Å². The summed E-state index contributed by atoms with van der Waals surface area (Å²) in [5, 5.41) is 0. The minimum Gasteiger partial charge on any atom is -0.467 e. The van der Waals surface area contributed by atoms with Crippen molar-refractivity contribution in [3.8, 4) is 0 Å². The van der Waals surface area contributed by atoms with Crippen molar-refractivity contribution < 1.29 is 25.6 Å². The summed E-state index contributed by atoms with van der Waals surface area (Å²) in [4.78, 5) is 0. The Morgan fingerprint density at radius 2 is 1.71 bits per heavy atom. The summed E-state index contributed by atoms with van der Waals surface area (Å²) in [6.45, 7) is 5.81. The first-order chi connectivity index (χ1) is 2.94. The average Bonchev–Trinajstić information content (AvgIpc) is 1.31. The van der Waals surface area contributed by atoms with Crippen molar-refractivity contribution in [3.05, 3.63) is 12.3 Å². The van der Waals surface area contributed by atoms with Crippen molar-refractivity contribution >= 4 is 0 Å². The van der Waals surface area contributed by atoms with Crippen LogP contribution in [0.4, 0.5) is 0 Å². The van der Waals surface area contributed by atoms with E-state index in [2.05, 4.69) is 43.5 Å². The molecule has 0 amide bonds. The van der Waals surface area contributed by atoms with Crippen LogP contribution in [0.25, 0.3) is 0 Å². The van der Waals surface area contributed by atoms with Crippen LogP contribution in [-0.4, -0.2) is 16.8 Å². The molecular weight excluding hydrogens is 201 g/mol. The highest BCUT2D eigenvalue weighted by atomic mass is 127. The zero-order valence-corrected chi connectivity index (χ0v) is 7.19. The van der Waals surface area contributed by atoms with E-state index in [-0.39, 0.29) is 0 Å². The summed E-state index contributed by atoms with van der Waals surface area (Å²) < 4.78 is 0.831. The molecule has 0 aromatic carbocycles. The molecule has 0 rings (SSSR count). The molecule has 0 saturated heterocycles. The Morgan fingerprint density at radius 1 is 1.57 bits per heavy atom. The molecule has 0 aliphatic heterocycles. The molecule has 0 fully saturated rings. The predicted molar refractivity (Wildman–Crippen MR) is 26.9 cm³/mol. The quantitative estimate of drug-likeness (QED) is 0.350. The van der Waals surface area contributed by atoms with Crippen LogP contribution in [0.1, 0.15) is 6.92 Å². The third-order valence-electron chi connectivity index (χ3n) is 0.908. The first-order valence-electron chi connectivity index (χ1n) is 2.14. The lowest BCUT2D eigenvalue weighted by Crippen LogP contribution is -3.45. The number of quaternary nitrogens is 1. The fourth-order valence-corrected chi connectivity index (χ4v) is 0. The molecule has 0 aromatic rings. The third kappa shape index (κ3) is 3.05. The number of hydrogen-bond acceptors (Lipinski definition) is 0. The molecule has 0 N–H and O–H groups in total. The van der Waals surface area contributed by atoms with Crippen molar-refractivity contribution in [2.75, 3.05) is 14.1 Å². The second kappa shape index (κ2) is 2.13. The Labute approximate surface area is 59.1 Å². The van der Waals surface area contributed by atoms with E-state index in [1.165, 1.54) is 5.70 Å². The standard InChI is InChI=1S/C5H11IN/c1-5(2)7(3,4)6/h1H2,2-4H3. The van der Waals surface area contributed by atoms with Crippen molar-refractivity contribution in [1.82, 2.24) is 0 Å². The van der Waals surface area contributed by atoms with E-state index in [9.17, 15) is 0 Å². The maximum Gasteiger partial charge on any atom is 0.0766 e. The summed E-state index contributed by atoms with van der Waals surface area (Å²) in [6.07, 6.45) is 0. The van der Waals surface area contributed by atoms with Gasteiger partial charge >= 0.3 is 0 Å². The van der Waals surface area contributed by atoms with Crippen molar-refractivity contribution in [1.29, 1.82) is 0 Å². The van der Waals surface area contributed by atoms with E-state index >= 15 is 0 Å². The molecule has 1 nitrogen and oxygen atoms in total. The molecule has 0 aliphatic rings. The van der Waals surface area contributed by atoms with Crippen molar-refractivity contribution in [2.24, 2.45) is 0 Å². The number of nitrogens with zero attached hydrogens (tertiary/aromatic N) is 1. The molecule has 0 heterocycles. The van der Waals surface area contributed by atoms with Gasteiger partial charge in [0.05, 0.1) is 19.8 Å². The molecule has 0 spiro atoms. The largest absolute Gasteiger partial charge is 0.467 e. The fraction of sp³-hybridized carbons (Fsp3) is 0.600. The Hall–Kier alpha value is 0.430. The second-order valence-corrected chi connectivity index (χ2v) is 4.46. The minimum atomic E-state index is 0.831. The van der Waals surface area contributed by atoms with Crippen LogP contribution in [0.15, 0.2) is 12.3 Å². The number of halogens is 1. The lowest BCUT2D eigenvalue weighted by Gasteiger charge is -2.35. The van der Waals surface area contributed by atoms with Gasteiger partial charge in [0.25, 0.3) is 0 Å². The molecule has 0 aromatic heterocycles. The topological polar surface area (TPSA) is 0 Å². The minimum absolute atomic E-state index is 0.831. The second-order valence-electron chi connectivity index (χ2n) is 2.05. The Bertz CT molecular complexity index is 80.6. The van der Waals surface area contributed by atoms with E-state index in [4.69, 9.17) is 0 Å². The first kappa shape index (κ1) is 7.43. The monoisotopic (exact) mass is 212 g/mol. The Balaban J connectivity index is 3.79. The summed E-state index contributed by atoms with van der Waals surface area (Å²) in [7, 11) is 4.17. The summed E-state index contributed by atoms with van der Waals surface area (Å²) in [5.41, 5.74) is 1.17. The highest BCUT2D eigenvalue weighted by molar-refractivity contribution is 4.70. The highest BCUT2D eigenvalue weighted by Crippen LogP contribution is 1.91. The van der Waals surface area contributed by atoms with Gasteiger partial charge in [0, 0.05) is 6.92 Å². The number of rotatable bonds is 1. The number of allylic oxidation sites excluding steroid dienone is 1. The van der Waals surface area contributed by atoms with E-state index in [1.54, 1.807) is 0 Å². The average molecular weight is 212 g/mol. The van der Waals surface area contributed by atoms with Crippen molar-refractivity contribution in [2.45, 2.75) is 6.92 Å². The smallest absolute Gasteiger partial charge is 0.0766 e. The van der Waals surface area contributed by atoms with Crippen LogP contribution in [-0.2, 0) is 0 Å². The summed E-state index contributed by atoms with van der Waals surface area (Å²) >= 11 is 2.30. The molecule has 2 heteroatoms. The molecular formula is C5H11IN. The zero-order chi connectivity index (χ0) is 6.08. The molecule has 0 unspecified atom stereocenters. The van der Waals surface area contributed by atoms with E-state index in [0.717, 1.165) is 2.70 Å². The lowest BCUT2D eigenvalue weighted by molar-refractivity contribution is -1.26. The van der Waals surface area contributed by atoms with Crippen LogP contribution >= 0.6 is 0 Å². The van der Waals surface area contributed by atoms with E-state index in [1.807, 2.05) is 6.92 Å². The molecule has 0 saturated carbocycles. The predicted octanol–water partition coefficient (Wildman–Crippen LogP) is -1.94. The Morgan fingerprint density at radius 3 is 1.71 bits per heavy atom. The van der Waals surface area contributed by atoms with E-state index in [0.29, 0.717) is 0 Å². The molecule has 1 radical (unpaired) electrons.